The monoisotopic (exact) mass is 415 g/mol. The summed E-state index contributed by atoms with van der Waals surface area (Å²) in [6.07, 6.45) is 6.03. The lowest BCUT2D eigenvalue weighted by molar-refractivity contribution is 0.0252. The summed E-state index contributed by atoms with van der Waals surface area (Å²) in [7, 11) is 0. The molecule has 0 N–H and O–H groups in total. The minimum absolute atomic E-state index is 0.242. The average Bonchev–Trinajstić information content (AvgIpc) is 3.18. The summed E-state index contributed by atoms with van der Waals surface area (Å²) in [6, 6.07) is 6.02. The van der Waals surface area contributed by atoms with E-state index in [0.29, 0.717) is 13.1 Å². The maximum atomic E-state index is 12.2. The summed E-state index contributed by atoms with van der Waals surface area (Å²) >= 11 is 7.76. The Bertz CT molecular complexity index is 563. The number of carbonyl (C=O) groups is 1. The molecule has 27 heavy (non-hydrogen) atoms. The number of carbonyl (C=O) groups excluding carboxylic acids is 1. The highest BCUT2D eigenvalue weighted by atomic mass is 35.5. The largest absolute Gasteiger partial charge is 0.444 e. The van der Waals surface area contributed by atoms with Gasteiger partial charge in [0.2, 0.25) is 0 Å². The smallest absolute Gasteiger partial charge is 0.410 e. The van der Waals surface area contributed by atoms with Gasteiger partial charge in [-0.15, -0.1) is 11.8 Å². The molecule has 2 rings (SSSR count). The van der Waals surface area contributed by atoms with Gasteiger partial charge in [-0.3, -0.25) is 0 Å². The Labute approximate surface area is 173 Å². The molecule has 0 bridgehead atoms. The van der Waals surface area contributed by atoms with Crippen molar-refractivity contribution in [3.05, 3.63) is 28.8 Å². The third kappa shape index (κ3) is 10.3. The maximum Gasteiger partial charge on any atom is 0.410 e. The Hall–Kier alpha value is -0.910. The fraction of sp³-hybridized carbons (Fsp3) is 0.667. The second-order valence-corrected chi connectivity index (χ2v) is 8.76. The van der Waals surface area contributed by atoms with E-state index < -0.39 is 5.60 Å². The van der Waals surface area contributed by atoms with E-state index in [1.807, 2.05) is 39.2 Å². The van der Waals surface area contributed by atoms with Gasteiger partial charge in [-0.05, 0) is 70.4 Å². The lowest BCUT2D eigenvalue weighted by atomic mass is 10.1. The Morgan fingerprint density at radius 3 is 2.41 bits per heavy atom. The molecule has 0 unspecified atom stereocenters. The first kappa shape index (κ1) is 24.1. The van der Waals surface area contributed by atoms with Crippen LogP contribution in [0, 0.1) is 0 Å². The summed E-state index contributed by atoms with van der Waals surface area (Å²) in [6.45, 7) is 11.1. The fourth-order valence-corrected chi connectivity index (χ4v) is 3.41. The number of thioether (sulfide) groups is 1. The molecule has 1 saturated heterocycles. The summed E-state index contributed by atoms with van der Waals surface area (Å²) in [5.74, 6) is 0. The van der Waals surface area contributed by atoms with Gasteiger partial charge in [0, 0.05) is 31.2 Å². The molecule has 154 valence electrons. The van der Waals surface area contributed by atoms with Gasteiger partial charge in [-0.2, -0.15) is 0 Å². The Balaban J connectivity index is 0.000000625. The van der Waals surface area contributed by atoms with Crippen molar-refractivity contribution in [2.45, 2.75) is 63.9 Å². The second-order valence-electron chi connectivity index (χ2n) is 7.51. The fourth-order valence-electron chi connectivity index (χ4n) is 2.52. The Morgan fingerprint density at radius 2 is 1.93 bits per heavy atom. The highest BCUT2D eigenvalue weighted by molar-refractivity contribution is 7.98. The van der Waals surface area contributed by atoms with Crippen molar-refractivity contribution in [3.63, 3.8) is 0 Å². The Morgan fingerprint density at radius 1 is 1.26 bits per heavy atom. The van der Waals surface area contributed by atoms with Gasteiger partial charge >= 0.3 is 6.09 Å². The lowest BCUT2D eigenvalue weighted by Crippen LogP contribution is -2.38. The van der Waals surface area contributed by atoms with Gasteiger partial charge in [0.1, 0.15) is 5.60 Å². The highest BCUT2D eigenvalue weighted by Crippen LogP contribution is 2.26. The van der Waals surface area contributed by atoms with Gasteiger partial charge in [0.15, 0.2) is 0 Å². The zero-order valence-electron chi connectivity index (χ0n) is 17.3. The van der Waals surface area contributed by atoms with Crippen LogP contribution >= 0.6 is 23.4 Å². The van der Waals surface area contributed by atoms with Crippen LogP contribution < -0.4 is 0 Å². The number of ether oxygens (including phenoxy) is 2. The van der Waals surface area contributed by atoms with Crippen LogP contribution in [-0.4, -0.2) is 49.2 Å². The van der Waals surface area contributed by atoms with Crippen molar-refractivity contribution >= 4 is 29.5 Å². The van der Waals surface area contributed by atoms with Crippen LogP contribution in [0.25, 0.3) is 0 Å². The predicted molar refractivity (Wildman–Crippen MR) is 115 cm³/mol. The molecule has 4 nitrogen and oxygen atoms in total. The number of amides is 1. The molecule has 0 radical (unpaired) electrons. The molecule has 0 spiro atoms. The number of benzene rings is 1. The minimum Gasteiger partial charge on any atom is -0.444 e. The molecule has 0 aromatic heterocycles. The zero-order valence-corrected chi connectivity index (χ0v) is 18.9. The molecule has 1 heterocycles. The molecule has 1 fully saturated rings. The van der Waals surface area contributed by atoms with E-state index in [1.165, 1.54) is 18.4 Å². The minimum atomic E-state index is -0.463. The molecule has 6 heteroatoms. The molecular formula is C21H34ClNO3S. The van der Waals surface area contributed by atoms with Crippen molar-refractivity contribution in [2.24, 2.45) is 0 Å². The predicted octanol–water partition coefficient (Wildman–Crippen LogP) is 6.05. The highest BCUT2D eigenvalue weighted by Gasteiger charge is 2.21. The first-order valence-corrected chi connectivity index (χ1v) is 11.2. The van der Waals surface area contributed by atoms with Crippen LogP contribution in [0.3, 0.4) is 0 Å². The quantitative estimate of drug-likeness (QED) is 0.530. The van der Waals surface area contributed by atoms with Crippen molar-refractivity contribution in [1.82, 2.24) is 4.90 Å². The molecule has 1 aromatic carbocycles. The summed E-state index contributed by atoms with van der Waals surface area (Å²) in [4.78, 5) is 15.1. The van der Waals surface area contributed by atoms with Crippen LogP contribution in [0.15, 0.2) is 23.1 Å². The van der Waals surface area contributed by atoms with E-state index in [0.717, 1.165) is 36.0 Å². The van der Waals surface area contributed by atoms with Gasteiger partial charge in [-0.25, -0.2) is 4.79 Å². The number of rotatable bonds is 6. The standard InChI is InChI=1S/C17H26ClNO2S.C4H8O/c1-6-10-19(16(20)21-17(2,3)4)11-9-13-7-8-14(18)15(12-13)22-5;1-2-4-5-3-1/h7-8,12H,6,9-11H2,1-5H3;1-4H2. The normalized spacial score (nSPS) is 13.7. The van der Waals surface area contributed by atoms with Gasteiger partial charge in [0.25, 0.3) is 0 Å². The molecule has 1 aliphatic heterocycles. The SMILES string of the molecule is C1CCOC1.CCCN(CCc1ccc(Cl)c(SC)c1)C(=O)OC(C)(C)C. The third-order valence-electron chi connectivity index (χ3n) is 3.86. The van der Waals surface area contributed by atoms with Gasteiger partial charge in [-0.1, -0.05) is 24.6 Å². The molecule has 1 aromatic rings. The van der Waals surface area contributed by atoms with E-state index >= 15 is 0 Å². The van der Waals surface area contributed by atoms with E-state index in [-0.39, 0.29) is 6.09 Å². The van der Waals surface area contributed by atoms with Crippen molar-refractivity contribution in [2.75, 3.05) is 32.6 Å². The third-order valence-corrected chi connectivity index (χ3v) is 5.08. The molecule has 0 atom stereocenters. The summed E-state index contributed by atoms with van der Waals surface area (Å²) < 4.78 is 10.4. The molecule has 1 aliphatic rings. The number of nitrogens with zero attached hydrogens (tertiary/aromatic N) is 1. The zero-order chi connectivity index (χ0) is 20.3. The first-order valence-electron chi connectivity index (χ1n) is 9.65. The Kier molecular flexibility index (Phi) is 11.2. The maximum absolute atomic E-state index is 12.2. The van der Waals surface area contributed by atoms with Gasteiger partial charge < -0.3 is 14.4 Å². The summed E-state index contributed by atoms with van der Waals surface area (Å²) in [5, 5.41) is 0.772. The molecule has 0 saturated carbocycles. The molecule has 1 amide bonds. The van der Waals surface area contributed by atoms with Crippen molar-refractivity contribution in [1.29, 1.82) is 0 Å². The molecule has 0 aliphatic carbocycles. The van der Waals surface area contributed by atoms with Crippen molar-refractivity contribution < 1.29 is 14.3 Å². The van der Waals surface area contributed by atoms with Crippen LogP contribution in [0.2, 0.25) is 5.02 Å². The van der Waals surface area contributed by atoms with Crippen molar-refractivity contribution in [3.8, 4) is 0 Å². The lowest BCUT2D eigenvalue weighted by Gasteiger charge is -2.27. The number of halogens is 1. The second kappa shape index (κ2) is 12.5. The average molecular weight is 416 g/mol. The van der Waals surface area contributed by atoms with Crippen LogP contribution in [-0.2, 0) is 15.9 Å². The van der Waals surface area contributed by atoms with E-state index in [4.69, 9.17) is 21.1 Å². The van der Waals surface area contributed by atoms with E-state index in [1.54, 1.807) is 16.7 Å². The van der Waals surface area contributed by atoms with E-state index in [9.17, 15) is 4.79 Å². The van der Waals surface area contributed by atoms with E-state index in [2.05, 4.69) is 13.0 Å². The topological polar surface area (TPSA) is 38.8 Å². The number of hydrogen-bond donors (Lipinski definition) is 0. The molecular weight excluding hydrogens is 382 g/mol. The summed E-state index contributed by atoms with van der Waals surface area (Å²) in [5.41, 5.74) is 0.716. The van der Waals surface area contributed by atoms with Crippen LogP contribution in [0.4, 0.5) is 4.79 Å². The first-order chi connectivity index (χ1) is 12.8. The van der Waals surface area contributed by atoms with Gasteiger partial charge in [0.05, 0.1) is 5.02 Å². The van der Waals surface area contributed by atoms with Crippen LogP contribution in [0.5, 0.6) is 0 Å². The van der Waals surface area contributed by atoms with Crippen LogP contribution in [0.1, 0.15) is 52.5 Å². The number of hydrogen-bond acceptors (Lipinski definition) is 4.